The van der Waals surface area contributed by atoms with Gasteiger partial charge in [0.15, 0.2) is 0 Å². The molecule has 18 heavy (non-hydrogen) atoms. The van der Waals surface area contributed by atoms with Crippen LogP contribution in [-0.4, -0.2) is 24.3 Å². The summed E-state index contributed by atoms with van der Waals surface area (Å²) in [6.07, 6.45) is -3.16. The highest BCUT2D eigenvalue weighted by molar-refractivity contribution is 9.10. The van der Waals surface area contributed by atoms with Gasteiger partial charge < -0.3 is 10.0 Å². The SMILES string of the molecule is O[C@H]1CCCN(c2ccc(C(F)(F)F)c(Br)c2)C1. The maximum Gasteiger partial charge on any atom is 0.417 e. The zero-order valence-corrected chi connectivity index (χ0v) is 11.1. The minimum Gasteiger partial charge on any atom is -0.391 e. The molecule has 0 unspecified atom stereocenters. The number of aliphatic hydroxyl groups excluding tert-OH is 1. The van der Waals surface area contributed by atoms with E-state index < -0.39 is 17.8 Å². The predicted molar refractivity (Wildman–Crippen MR) is 66.6 cm³/mol. The van der Waals surface area contributed by atoms with Crippen molar-refractivity contribution in [2.45, 2.75) is 25.1 Å². The summed E-state index contributed by atoms with van der Waals surface area (Å²) in [6, 6.07) is 3.98. The van der Waals surface area contributed by atoms with E-state index in [4.69, 9.17) is 0 Å². The third kappa shape index (κ3) is 2.98. The molecule has 0 spiro atoms. The molecule has 1 aliphatic rings. The molecule has 0 saturated carbocycles. The van der Waals surface area contributed by atoms with Gasteiger partial charge in [0.25, 0.3) is 0 Å². The van der Waals surface area contributed by atoms with Crippen LogP contribution >= 0.6 is 15.9 Å². The van der Waals surface area contributed by atoms with E-state index in [0.29, 0.717) is 12.2 Å². The molecule has 6 heteroatoms. The summed E-state index contributed by atoms with van der Waals surface area (Å²) in [7, 11) is 0. The van der Waals surface area contributed by atoms with Gasteiger partial charge in [-0.05, 0) is 31.0 Å². The van der Waals surface area contributed by atoms with E-state index in [1.807, 2.05) is 4.90 Å². The number of β-amino-alcohol motifs (C(OH)–C–C–N with tert-alkyl or cyclic N) is 1. The zero-order chi connectivity index (χ0) is 13.3. The predicted octanol–water partition coefficient (Wildman–Crippen LogP) is 3.43. The van der Waals surface area contributed by atoms with Crippen LogP contribution in [0.25, 0.3) is 0 Å². The van der Waals surface area contributed by atoms with Crippen molar-refractivity contribution in [1.82, 2.24) is 0 Å². The Balaban J connectivity index is 2.23. The lowest BCUT2D eigenvalue weighted by Crippen LogP contribution is -2.38. The number of hydrogen-bond donors (Lipinski definition) is 1. The number of halogens is 4. The number of anilines is 1. The van der Waals surface area contributed by atoms with Crippen LogP contribution in [-0.2, 0) is 6.18 Å². The van der Waals surface area contributed by atoms with Crippen LogP contribution < -0.4 is 4.90 Å². The van der Waals surface area contributed by atoms with Crippen LogP contribution in [0.5, 0.6) is 0 Å². The summed E-state index contributed by atoms with van der Waals surface area (Å²) < 4.78 is 37.8. The average Bonchev–Trinajstić information content (AvgIpc) is 2.27. The first-order valence-corrected chi connectivity index (χ1v) is 6.47. The van der Waals surface area contributed by atoms with Crippen LogP contribution in [0.3, 0.4) is 0 Å². The van der Waals surface area contributed by atoms with E-state index in [0.717, 1.165) is 25.5 Å². The van der Waals surface area contributed by atoms with Crippen LogP contribution in [0.2, 0.25) is 0 Å². The van der Waals surface area contributed by atoms with E-state index in [9.17, 15) is 18.3 Å². The third-order valence-electron chi connectivity index (χ3n) is 3.02. The molecule has 1 N–H and O–H groups in total. The van der Waals surface area contributed by atoms with Crippen molar-refractivity contribution in [2.75, 3.05) is 18.0 Å². The molecule has 1 aliphatic heterocycles. The van der Waals surface area contributed by atoms with Crippen molar-refractivity contribution < 1.29 is 18.3 Å². The van der Waals surface area contributed by atoms with Gasteiger partial charge in [-0.3, -0.25) is 0 Å². The Labute approximate surface area is 112 Å². The highest BCUT2D eigenvalue weighted by atomic mass is 79.9. The minimum absolute atomic E-state index is 0.0348. The fourth-order valence-corrected chi connectivity index (χ4v) is 2.71. The van der Waals surface area contributed by atoms with Crippen molar-refractivity contribution in [3.05, 3.63) is 28.2 Å². The minimum atomic E-state index is -4.35. The summed E-state index contributed by atoms with van der Waals surface area (Å²) in [5, 5.41) is 9.56. The zero-order valence-electron chi connectivity index (χ0n) is 9.54. The fourth-order valence-electron chi connectivity index (χ4n) is 2.12. The molecule has 0 radical (unpaired) electrons. The van der Waals surface area contributed by atoms with Crippen molar-refractivity contribution in [2.24, 2.45) is 0 Å². The normalized spacial score (nSPS) is 21.2. The lowest BCUT2D eigenvalue weighted by molar-refractivity contribution is -0.138. The largest absolute Gasteiger partial charge is 0.417 e. The molecule has 1 aromatic rings. The highest BCUT2D eigenvalue weighted by Crippen LogP contribution is 2.37. The van der Waals surface area contributed by atoms with Gasteiger partial charge in [0.1, 0.15) is 0 Å². The second-order valence-electron chi connectivity index (χ2n) is 4.40. The second kappa shape index (κ2) is 5.09. The molecule has 1 atom stereocenters. The lowest BCUT2D eigenvalue weighted by Gasteiger charge is -2.32. The molecular formula is C12H13BrF3NO. The van der Waals surface area contributed by atoms with Gasteiger partial charge in [-0.15, -0.1) is 0 Å². The van der Waals surface area contributed by atoms with Gasteiger partial charge in [-0.1, -0.05) is 15.9 Å². The molecule has 100 valence electrons. The number of aliphatic hydroxyl groups is 1. The number of benzene rings is 1. The van der Waals surface area contributed by atoms with Crippen LogP contribution in [0.4, 0.5) is 18.9 Å². The van der Waals surface area contributed by atoms with E-state index in [1.54, 1.807) is 0 Å². The summed E-state index contributed by atoms with van der Waals surface area (Å²) in [5.74, 6) is 0. The van der Waals surface area contributed by atoms with Crippen molar-refractivity contribution in [3.63, 3.8) is 0 Å². The molecule has 1 saturated heterocycles. The fraction of sp³-hybridized carbons (Fsp3) is 0.500. The quantitative estimate of drug-likeness (QED) is 0.856. The van der Waals surface area contributed by atoms with Gasteiger partial charge in [0.05, 0.1) is 11.7 Å². The Morgan fingerprint density at radius 2 is 2.06 bits per heavy atom. The summed E-state index contributed by atoms with van der Waals surface area (Å²) in [4.78, 5) is 1.90. The third-order valence-corrected chi connectivity index (χ3v) is 3.68. The van der Waals surface area contributed by atoms with Gasteiger partial charge in [-0.25, -0.2) is 0 Å². The Morgan fingerprint density at radius 1 is 1.33 bits per heavy atom. The monoisotopic (exact) mass is 323 g/mol. The number of rotatable bonds is 1. The first-order valence-electron chi connectivity index (χ1n) is 5.67. The molecule has 2 rings (SSSR count). The van der Waals surface area contributed by atoms with Crippen molar-refractivity contribution in [3.8, 4) is 0 Å². The van der Waals surface area contributed by atoms with Gasteiger partial charge in [0, 0.05) is 23.2 Å². The van der Waals surface area contributed by atoms with Crippen molar-refractivity contribution in [1.29, 1.82) is 0 Å². The molecular weight excluding hydrogens is 311 g/mol. The van der Waals surface area contributed by atoms with Crippen LogP contribution in [0.15, 0.2) is 22.7 Å². The summed E-state index contributed by atoms with van der Waals surface area (Å²) in [6.45, 7) is 1.23. The van der Waals surface area contributed by atoms with E-state index in [-0.39, 0.29) is 4.47 Å². The number of hydrogen-bond acceptors (Lipinski definition) is 2. The molecule has 0 amide bonds. The molecule has 0 aliphatic carbocycles. The maximum atomic E-state index is 12.6. The first-order chi connectivity index (χ1) is 8.38. The molecule has 0 aromatic heterocycles. The Bertz CT molecular complexity index is 436. The van der Waals surface area contributed by atoms with Gasteiger partial charge in [-0.2, -0.15) is 13.2 Å². The summed E-state index contributed by atoms with van der Waals surface area (Å²) >= 11 is 2.96. The standard InChI is InChI=1S/C12H13BrF3NO/c13-11-6-8(3-4-10(11)12(14,15)16)17-5-1-2-9(18)7-17/h3-4,6,9,18H,1-2,5,7H2/t9-/m0/s1. The highest BCUT2D eigenvalue weighted by Gasteiger charge is 2.33. The Morgan fingerprint density at radius 3 is 2.61 bits per heavy atom. The summed E-state index contributed by atoms with van der Waals surface area (Å²) in [5.41, 5.74) is 0.0254. The van der Waals surface area contributed by atoms with E-state index in [1.165, 1.54) is 12.1 Å². The van der Waals surface area contributed by atoms with E-state index >= 15 is 0 Å². The average molecular weight is 324 g/mol. The number of nitrogens with zero attached hydrogens (tertiary/aromatic N) is 1. The van der Waals surface area contributed by atoms with Gasteiger partial charge >= 0.3 is 6.18 Å². The van der Waals surface area contributed by atoms with E-state index in [2.05, 4.69) is 15.9 Å². The molecule has 1 heterocycles. The molecule has 1 fully saturated rings. The molecule has 2 nitrogen and oxygen atoms in total. The van der Waals surface area contributed by atoms with Gasteiger partial charge in [0.2, 0.25) is 0 Å². The topological polar surface area (TPSA) is 23.5 Å². The smallest absolute Gasteiger partial charge is 0.391 e. The Kier molecular flexibility index (Phi) is 3.87. The number of piperidine rings is 1. The molecule has 0 bridgehead atoms. The number of alkyl halides is 3. The first kappa shape index (κ1) is 13.7. The van der Waals surface area contributed by atoms with Crippen LogP contribution in [0, 0.1) is 0 Å². The Hall–Kier alpha value is -0.750. The molecule has 1 aromatic carbocycles. The van der Waals surface area contributed by atoms with Crippen molar-refractivity contribution >= 4 is 21.6 Å². The lowest BCUT2D eigenvalue weighted by atomic mass is 10.1. The second-order valence-corrected chi connectivity index (χ2v) is 5.26. The maximum absolute atomic E-state index is 12.6. The van der Waals surface area contributed by atoms with Crippen LogP contribution in [0.1, 0.15) is 18.4 Å².